The maximum Gasteiger partial charge on any atom is 0.167 e. The Morgan fingerprint density at radius 3 is 2.76 bits per heavy atom. The van der Waals surface area contributed by atoms with E-state index in [2.05, 4.69) is 63.8 Å². The third-order valence-corrected chi connectivity index (χ3v) is 9.15. The maximum atomic E-state index is 11.1. The predicted molar refractivity (Wildman–Crippen MR) is 152 cm³/mol. The topological polar surface area (TPSA) is 160 Å². The molecule has 2 aliphatic heterocycles. The maximum absolute atomic E-state index is 11.1. The monoisotopic (exact) mass is 562 g/mol. The Morgan fingerprint density at radius 2 is 1.98 bits per heavy atom. The quantitative estimate of drug-likeness (QED) is 0.284. The van der Waals surface area contributed by atoms with Crippen molar-refractivity contribution < 1.29 is 19.7 Å². The summed E-state index contributed by atoms with van der Waals surface area (Å²) < 4.78 is 14.3. The highest BCUT2D eigenvalue weighted by Gasteiger charge is 2.52. The van der Waals surface area contributed by atoms with E-state index in [1.807, 2.05) is 6.92 Å². The lowest BCUT2D eigenvalue weighted by molar-refractivity contribution is -0.202. The molecule has 0 amide bonds. The Morgan fingerprint density at radius 1 is 1.17 bits per heavy atom. The number of benzene rings is 1. The first-order valence-corrected chi connectivity index (χ1v) is 14.4. The van der Waals surface area contributed by atoms with Crippen LogP contribution < -0.4 is 5.73 Å². The van der Waals surface area contributed by atoms with Gasteiger partial charge in [-0.15, -0.1) is 0 Å². The van der Waals surface area contributed by atoms with Crippen molar-refractivity contribution in [2.45, 2.75) is 95.3 Å². The predicted octanol–water partition coefficient (Wildman–Crippen LogP) is 2.27. The fraction of sp³-hybridized carbons (Fsp3) is 0.586. The summed E-state index contributed by atoms with van der Waals surface area (Å²) in [7, 11) is 0. The molecule has 2 saturated heterocycles. The van der Waals surface area contributed by atoms with Gasteiger partial charge in [0.25, 0.3) is 0 Å². The van der Waals surface area contributed by atoms with Crippen LogP contribution in [-0.2, 0) is 21.3 Å². The molecule has 3 aromatic heterocycles. The fourth-order valence-electron chi connectivity index (χ4n) is 6.63. The summed E-state index contributed by atoms with van der Waals surface area (Å²) in [6.07, 6.45) is 2.21. The highest BCUT2D eigenvalue weighted by molar-refractivity contribution is 5.81. The first-order chi connectivity index (χ1) is 19.6. The molecule has 218 valence electrons. The number of anilines is 1. The number of H-pyrrole nitrogens is 1. The number of aromatic nitrogens is 6. The number of aliphatic hydroxyl groups excluding tert-OH is 2. The Labute approximate surface area is 237 Å². The number of rotatable bonds is 5. The van der Waals surface area contributed by atoms with Gasteiger partial charge in [0.15, 0.2) is 17.7 Å². The van der Waals surface area contributed by atoms with Crippen molar-refractivity contribution >= 4 is 28.0 Å². The number of ether oxygens (including phenoxy) is 2. The van der Waals surface area contributed by atoms with E-state index >= 15 is 0 Å². The van der Waals surface area contributed by atoms with Crippen LogP contribution in [0.25, 0.3) is 22.2 Å². The zero-order valence-electron chi connectivity index (χ0n) is 23.8. The molecule has 5 heterocycles. The number of nitrogen functional groups attached to an aromatic ring is 1. The van der Waals surface area contributed by atoms with Gasteiger partial charge in [0.1, 0.15) is 42.2 Å². The molecule has 1 aliphatic carbocycles. The number of aromatic amines is 1. The van der Waals surface area contributed by atoms with E-state index in [9.17, 15) is 10.2 Å². The molecular weight excluding hydrogens is 524 g/mol. The van der Waals surface area contributed by atoms with Crippen molar-refractivity contribution in [1.29, 1.82) is 0 Å². The summed E-state index contributed by atoms with van der Waals surface area (Å²) in [6.45, 7) is 9.23. The van der Waals surface area contributed by atoms with E-state index < -0.39 is 24.5 Å². The van der Waals surface area contributed by atoms with Gasteiger partial charge in [-0.2, -0.15) is 0 Å². The largest absolute Gasteiger partial charge is 0.392 e. The molecule has 7 rings (SSSR count). The van der Waals surface area contributed by atoms with E-state index in [1.165, 1.54) is 11.9 Å². The molecule has 6 atom stereocenters. The van der Waals surface area contributed by atoms with E-state index in [0.29, 0.717) is 24.1 Å². The number of hydrogen-bond donors (Lipinski definition) is 4. The molecular formula is C29H38N8O4. The van der Waals surface area contributed by atoms with E-state index in [-0.39, 0.29) is 35.5 Å². The van der Waals surface area contributed by atoms with Crippen LogP contribution in [0.5, 0.6) is 0 Å². The molecule has 0 radical (unpaired) electrons. The first-order valence-electron chi connectivity index (χ1n) is 14.4. The van der Waals surface area contributed by atoms with E-state index in [0.717, 1.165) is 29.7 Å². The summed E-state index contributed by atoms with van der Waals surface area (Å²) in [5.41, 5.74) is 10.2. The lowest BCUT2D eigenvalue weighted by Crippen LogP contribution is -2.60. The Balaban J connectivity index is 0.980. The summed E-state index contributed by atoms with van der Waals surface area (Å²) in [5.74, 6) is 1.29. The van der Waals surface area contributed by atoms with E-state index in [4.69, 9.17) is 20.2 Å². The van der Waals surface area contributed by atoms with Crippen LogP contribution in [0.15, 0.2) is 30.9 Å². The number of nitrogens with zero attached hydrogens (tertiary/aromatic N) is 6. The molecule has 4 aromatic rings. The van der Waals surface area contributed by atoms with Crippen LogP contribution in [0.4, 0.5) is 5.82 Å². The molecule has 0 bridgehead atoms. The van der Waals surface area contributed by atoms with Gasteiger partial charge in [-0.05, 0) is 48.8 Å². The molecule has 41 heavy (non-hydrogen) atoms. The Kier molecular flexibility index (Phi) is 6.32. The highest BCUT2D eigenvalue weighted by Crippen LogP contribution is 2.42. The van der Waals surface area contributed by atoms with Gasteiger partial charge in [0.05, 0.1) is 23.5 Å². The zero-order valence-corrected chi connectivity index (χ0v) is 23.8. The van der Waals surface area contributed by atoms with Gasteiger partial charge in [0.2, 0.25) is 0 Å². The average Bonchev–Trinajstić information content (AvgIpc) is 3.58. The van der Waals surface area contributed by atoms with Crippen molar-refractivity contribution in [3.8, 4) is 0 Å². The summed E-state index contributed by atoms with van der Waals surface area (Å²) in [4.78, 5) is 23.1. The minimum Gasteiger partial charge on any atom is -0.392 e. The van der Waals surface area contributed by atoms with Crippen molar-refractivity contribution in [2.24, 2.45) is 5.92 Å². The van der Waals surface area contributed by atoms with Crippen LogP contribution in [-0.4, -0.2) is 87.8 Å². The molecule has 3 aliphatic rings. The van der Waals surface area contributed by atoms with Gasteiger partial charge < -0.3 is 30.4 Å². The second kappa shape index (κ2) is 9.70. The number of imidazole rings is 2. The minimum atomic E-state index is -0.877. The van der Waals surface area contributed by atoms with Gasteiger partial charge in [-0.25, -0.2) is 19.9 Å². The van der Waals surface area contributed by atoms with Gasteiger partial charge in [-0.3, -0.25) is 9.47 Å². The highest BCUT2D eigenvalue weighted by atomic mass is 16.6. The van der Waals surface area contributed by atoms with Crippen molar-refractivity contribution in [2.75, 3.05) is 12.3 Å². The van der Waals surface area contributed by atoms with Crippen LogP contribution in [0.3, 0.4) is 0 Å². The molecule has 1 saturated carbocycles. The summed E-state index contributed by atoms with van der Waals surface area (Å²) in [6, 6.07) is 6.63. The van der Waals surface area contributed by atoms with E-state index in [1.54, 1.807) is 10.9 Å². The van der Waals surface area contributed by atoms with Crippen molar-refractivity contribution in [3.63, 3.8) is 0 Å². The van der Waals surface area contributed by atoms with Gasteiger partial charge in [0, 0.05) is 19.0 Å². The lowest BCUT2D eigenvalue weighted by Gasteiger charge is -2.50. The van der Waals surface area contributed by atoms with Crippen LogP contribution in [0.1, 0.15) is 58.2 Å². The Hall–Kier alpha value is -3.16. The van der Waals surface area contributed by atoms with Crippen LogP contribution in [0, 0.1) is 5.92 Å². The van der Waals surface area contributed by atoms with Crippen molar-refractivity contribution in [3.05, 3.63) is 42.2 Å². The van der Waals surface area contributed by atoms with Crippen LogP contribution >= 0.6 is 0 Å². The smallest absolute Gasteiger partial charge is 0.167 e. The second-order valence-corrected chi connectivity index (χ2v) is 12.9. The fourth-order valence-corrected chi connectivity index (χ4v) is 6.63. The number of aliphatic hydroxyl groups is 2. The zero-order chi connectivity index (χ0) is 28.6. The number of hydrogen-bond acceptors (Lipinski definition) is 10. The first kappa shape index (κ1) is 26.7. The van der Waals surface area contributed by atoms with Crippen molar-refractivity contribution in [1.82, 2.24) is 34.4 Å². The number of nitrogens with one attached hydrogen (secondary N) is 1. The number of fused-ring (bicyclic) bond motifs is 3. The Bertz CT molecular complexity index is 1570. The number of nitrogens with two attached hydrogens (primary N) is 1. The van der Waals surface area contributed by atoms with Crippen LogP contribution in [0.2, 0.25) is 0 Å². The third kappa shape index (κ3) is 4.58. The standard InChI is InChI=1S/C29H38N8O4/c1-14-36(11-21-25(40-14)24(39)28(41-21)37-13-33-23-26(30)31-12-32-27(23)37)17-7-15(8-17)20(38)10-22-34-18-6-5-16(29(2,3)4)9-19(18)35-22/h5-6,9,12-15,17,20-21,24-25,28,38-39H,7-8,10-11H2,1-4H3,(H,34,35)(H2,30,31,32)/t14?,15-,17-,20?,21-,24-,25-,28-/m1/s1. The molecule has 5 N–H and O–H groups in total. The summed E-state index contributed by atoms with van der Waals surface area (Å²) >= 11 is 0. The third-order valence-electron chi connectivity index (χ3n) is 9.15. The normalized spacial score (nSPS) is 31.4. The molecule has 12 heteroatoms. The SMILES string of the molecule is CC1O[C@H]2[C@@H](O)[C@H](n3cnc4c(N)ncnc43)O[C@@H]2CN1[C@H]1C[C@H](C(O)Cc2nc3cc(C(C)(C)C)ccc3[nH]2)C1. The molecule has 3 fully saturated rings. The molecule has 1 aromatic carbocycles. The minimum absolute atomic E-state index is 0.0585. The second-order valence-electron chi connectivity index (χ2n) is 12.9. The lowest BCUT2D eigenvalue weighted by atomic mass is 9.74. The van der Waals surface area contributed by atoms with Gasteiger partial charge >= 0.3 is 0 Å². The molecule has 12 nitrogen and oxygen atoms in total. The summed E-state index contributed by atoms with van der Waals surface area (Å²) in [5, 5.41) is 22.2. The molecule has 2 unspecified atom stereocenters. The average molecular weight is 563 g/mol. The van der Waals surface area contributed by atoms with Gasteiger partial charge in [-0.1, -0.05) is 26.8 Å². The molecule has 0 spiro atoms.